The first-order valence-corrected chi connectivity index (χ1v) is 10.6. The Kier molecular flexibility index (Phi) is 5.27. The highest BCUT2D eigenvalue weighted by Crippen LogP contribution is 2.38. The van der Waals surface area contributed by atoms with Crippen molar-refractivity contribution < 1.29 is 9.53 Å². The molecule has 0 aliphatic carbocycles. The Morgan fingerprint density at radius 2 is 2.15 bits per heavy atom. The third-order valence-corrected chi connectivity index (χ3v) is 6.83. The van der Waals surface area contributed by atoms with Crippen molar-refractivity contribution in [2.75, 3.05) is 33.8 Å². The number of carbonyl (C=O) groups is 1. The van der Waals surface area contributed by atoms with E-state index in [9.17, 15) is 4.79 Å². The van der Waals surface area contributed by atoms with Gasteiger partial charge in [0.15, 0.2) is 0 Å². The number of carbonyl (C=O) groups excluding carboxylic acids is 1. The van der Waals surface area contributed by atoms with E-state index in [0.717, 1.165) is 45.2 Å². The number of thiophene rings is 1. The molecule has 1 fully saturated rings. The third-order valence-electron chi connectivity index (χ3n) is 4.76. The van der Waals surface area contributed by atoms with Crippen molar-refractivity contribution in [2.24, 2.45) is 0 Å². The Morgan fingerprint density at radius 1 is 1.33 bits per heavy atom. The zero-order valence-electron chi connectivity index (χ0n) is 15.8. The van der Waals surface area contributed by atoms with E-state index in [2.05, 4.69) is 22.0 Å². The number of fused-ring (bicyclic) bond motifs is 1. The Balaban J connectivity index is 1.66. The molecule has 4 rings (SSSR count). The number of hydrogen-bond acceptors (Lipinski definition) is 6. The summed E-state index contributed by atoms with van der Waals surface area (Å²) in [5.74, 6) is 0.0463. The lowest BCUT2D eigenvalue weighted by Crippen LogP contribution is -2.38. The summed E-state index contributed by atoms with van der Waals surface area (Å²) in [7, 11) is 3.60. The van der Waals surface area contributed by atoms with Gasteiger partial charge in [0.05, 0.1) is 22.6 Å². The molecule has 2 aromatic heterocycles. The first-order chi connectivity index (χ1) is 13.0. The molecule has 27 heavy (non-hydrogen) atoms. The van der Waals surface area contributed by atoms with Gasteiger partial charge in [0.2, 0.25) is 0 Å². The number of ether oxygens (including phenoxy) is 1. The number of amides is 1. The van der Waals surface area contributed by atoms with Crippen LogP contribution in [0.25, 0.3) is 10.1 Å². The van der Waals surface area contributed by atoms with Crippen LogP contribution in [0.4, 0.5) is 0 Å². The molecular weight excluding hydrogens is 378 g/mol. The second kappa shape index (κ2) is 7.67. The standard InChI is InChI=1S/C20H23N3O2S2/c1-13-21-10-14(26-13)11-23-8-9-25-16(12-23)18-15-6-4-5-7-17(15)27-19(18)20(24)22(2)3/h4-7,10,16H,8-9,11-12H2,1-3H3. The minimum Gasteiger partial charge on any atom is -0.371 e. The average Bonchev–Trinajstić information content (AvgIpc) is 3.24. The monoisotopic (exact) mass is 401 g/mol. The average molecular weight is 402 g/mol. The Bertz CT molecular complexity index is 963. The number of rotatable bonds is 4. The maximum atomic E-state index is 12.8. The van der Waals surface area contributed by atoms with E-state index < -0.39 is 0 Å². The summed E-state index contributed by atoms with van der Waals surface area (Å²) in [6, 6.07) is 8.23. The van der Waals surface area contributed by atoms with Crippen LogP contribution in [0.5, 0.6) is 0 Å². The number of morpholine rings is 1. The molecule has 5 nitrogen and oxygen atoms in total. The van der Waals surface area contributed by atoms with E-state index in [-0.39, 0.29) is 12.0 Å². The summed E-state index contributed by atoms with van der Waals surface area (Å²) >= 11 is 3.31. The highest BCUT2D eigenvalue weighted by Gasteiger charge is 2.30. The molecule has 0 bridgehead atoms. The van der Waals surface area contributed by atoms with Gasteiger partial charge in [-0.05, 0) is 18.4 Å². The molecule has 1 atom stereocenters. The Morgan fingerprint density at radius 3 is 2.89 bits per heavy atom. The molecule has 1 unspecified atom stereocenters. The number of thiazole rings is 1. The van der Waals surface area contributed by atoms with Crippen molar-refractivity contribution in [1.29, 1.82) is 0 Å². The van der Waals surface area contributed by atoms with Crippen molar-refractivity contribution in [2.45, 2.75) is 19.6 Å². The highest BCUT2D eigenvalue weighted by atomic mass is 32.1. The second-order valence-electron chi connectivity index (χ2n) is 6.98. The fourth-order valence-corrected chi connectivity index (χ4v) is 5.58. The van der Waals surface area contributed by atoms with Gasteiger partial charge >= 0.3 is 0 Å². The van der Waals surface area contributed by atoms with E-state index in [1.807, 2.05) is 25.3 Å². The number of nitrogens with zero attached hydrogens (tertiary/aromatic N) is 3. The molecule has 1 amide bonds. The van der Waals surface area contributed by atoms with Crippen molar-refractivity contribution in [1.82, 2.24) is 14.8 Å². The van der Waals surface area contributed by atoms with Crippen LogP contribution in [-0.4, -0.2) is 54.5 Å². The molecule has 1 saturated heterocycles. The van der Waals surface area contributed by atoms with Gasteiger partial charge in [-0.1, -0.05) is 18.2 Å². The highest BCUT2D eigenvalue weighted by molar-refractivity contribution is 7.21. The molecular formula is C20H23N3O2S2. The predicted molar refractivity (Wildman–Crippen MR) is 111 cm³/mol. The van der Waals surface area contributed by atoms with Crippen LogP contribution in [0, 0.1) is 6.92 Å². The van der Waals surface area contributed by atoms with Gasteiger partial charge in [-0.15, -0.1) is 22.7 Å². The zero-order chi connectivity index (χ0) is 19.0. The number of benzene rings is 1. The molecule has 3 aromatic rings. The lowest BCUT2D eigenvalue weighted by molar-refractivity contribution is -0.0320. The van der Waals surface area contributed by atoms with Crippen molar-refractivity contribution in [3.8, 4) is 0 Å². The normalized spacial score (nSPS) is 18.1. The molecule has 3 heterocycles. The topological polar surface area (TPSA) is 45.7 Å². The molecule has 0 saturated carbocycles. The summed E-state index contributed by atoms with van der Waals surface area (Å²) in [6.07, 6.45) is 1.87. The summed E-state index contributed by atoms with van der Waals surface area (Å²) in [5.41, 5.74) is 1.04. The van der Waals surface area contributed by atoms with Crippen LogP contribution in [0.3, 0.4) is 0 Å². The summed E-state index contributed by atoms with van der Waals surface area (Å²) < 4.78 is 7.29. The van der Waals surface area contributed by atoms with Crippen LogP contribution in [0.1, 0.15) is 31.2 Å². The minimum atomic E-state index is -0.0946. The predicted octanol–water partition coefficient (Wildman–Crippen LogP) is 3.94. The van der Waals surface area contributed by atoms with Gasteiger partial charge in [0, 0.05) is 55.1 Å². The number of aryl methyl sites for hydroxylation is 1. The minimum absolute atomic E-state index is 0.0463. The van der Waals surface area contributed by atoms with Gasteiger partial charge < -0.3 is 9.64 Å². The van der Waals surface area contributed by atoms with Gasteiger partial charge in [-0.3, -0.25) is 9.69 Å². The summed E-state index contributed by atoms with van der Waals surface area (Å²) in [4.78, 5) is 23.3. The first kappa shape index (κ1) is 18.6. The van der Waals surface area contributed by atoms with Gasteiger partial charge in [0.1, 0.15) is 0 Å². The van der Waals surface area contributed by atoms with Crippen LogP contribution < -0.4 is 0 Å². The third kappa shape index (κ3) is 3.78. The number of aromatic nitrogens is 1. The lowest BCUT2D eigenvalue weighted by atomic mass is 10.0. The van der Waals surface area contributed by atoms with Crippen LogP contribution >= 0.6 is 22.7 Å². The van der Waals surface area contributed by atoms with Crippen LogP contribution in [0.15, 0.2) is 30.5 Å². The van der Waals surface area contributed by atoms with E-state index in [4.69, 9.17) is 4.74 Å². The SMILES string of the molecule is Cc1ncc(CN2CCOC(c3c(C(=O)N(C)C)sc4ccccc34)C2)s1. The van der Waals surface area contributed by atoms with Gasteiger partial charge in [-0.25, -0.2) is 4.98 Å². The second-order valence-corrected chi connectivity index (χ2v) is 9.35. The largest absolute Gasteiger partial charge is 0.371 e. The quantitative estimate of drug-likeness (QED) is 0.664. The van der Waals surface area contributed by atoms with E-state index in [0.29, 0.717) is 6.61 Å². The van der Waals surface area contributed by atoms with Crippen molar-refractivity contribution in [3.63, 3.8) is 0 Å². The molecule has 142 valence electrons. The van der Waals surface area contributed by atoms with Crippen molar-refractivity contribution >= 4 is 38.7 Å². The van der Waals surface area contributed by atoms with Gasteiger partial charge in [-0.2, -0.15) is 0 Å². The molecule has 1 aromatic carbocycles. The molecule has 0 N–H and O–H groups in total. The summed E-state index contributed by atoms with van der Waals surface area (Å²) in [6.45, 7) is 5.26. The zero-order valence-corrected chi connectivity index (χ0v) is 17.4. The van der Waals surface area contributed by atoms with Crippen LogP contribution in [-0.2, 0) is 11.3 Å². The maximum Gasteiger partial charge on any atom is 0.263 e. The fraction of sp³-hybridized carbons (Fsp3) is 0.400. The fourth-order valence-electron chi connectivity index (χ4n) is 3.47. The van der Waals surface area contributed by atoms with Crippen molar-refractivity contribution in [3.05, 3.63) is 50.8 Å². The molecule has 1 aliphatic rings. The smallest absolute Gasteiger partial charge is 0.263 e. The summed E-state index contributed by atoms with van der Waals surface area (Å²) in [5, 5.41) is 2.23. The lowest BCUT2D eigenvalue weighted by Gasteiger charge is -2.33. The van der Waals surface area contributed by atoms with E-state index in [1.54, 1.807) is 41.7 Å². The first-order valence-electron chi connectivity index (χ1n) is 9.01. The molecule has 0 radical (unpaired) electrons. The van der Waals surface area contributed by atoms with E-state index >= 15 is 0 Å². The molecule has 7 heteroatoms. The Hall–Kier alpha value is -1.80. The van der Waals surface area contributed by atoms with Crippen LogP contribution in [0.2, 0.25) is 0 Å². The molecule has 0 spiro atoms. The Labute approximate surface area is 167 Å². The maximum absolute atomic E-state index is 12.8. The molecule has 1 aliphatic heterocycles. The van der Waals surface area contributed by atoms with Gasteiger partial charge in [0.25, 0.3) is 5.91 Å². The van der Waals surface area contributed by atoms with E-state index in [1.165, 1.54) is 4.88 Å². The number of hydrogen-bond donors (Lipinski definition) is 0.